The summed E-state index contributed by atoms with van der Waals surface area (Å²) in [5.41, 5.74) is 6.91. The van der Waals surface area contributed by atoms with Crippen LogP contribution in [0.3, 0.4) is 0 Å². The first-order chi connectivity index (χ1) is 10.7. The molecule has 3 rings (SSSR count). The Kier molecular flexibility index (Phi) is 4.23. The first kappa shape index (κ1) is 14.8. The van der Waals surface area contributed by atoms with Gasteiger partial charge in [-0.05, 0) is 37.1 Å². The summed E-state index contributed by atoms with van der Waals surface area (Å²) in [6.45, 7) is 1.32. The second kappa shape index (κ2) is 6.30. The van der Waals surface area contributed by atoms with Crippen molar-refractivity contribution in [3.8, 4) is 17.7 Å². The van der Waals surface area contributed by atoms with Gasteiger partial charge in [-0.15, -0.1) is 0 Å². The minimum Gasteiger partial charge on any atom is -0.439 e. The zero-order chi connectivity index (χ0) is 15.5. The Morgan fingerprint density at radius 1 is 1.41 bits per heavy atom. The van der Waals surface area contributed by atoms with E-state index in [1.807, 2.05) is 0 Å². The van der Waals surface area contributed by atoms with E-state index in [4.69, 9.17) is 26.8 Å². The summed E-state index contributed by atoms with van der Waals surface area (Å²) in [7, 11) is 0. The first-order valence-corrected chi connectivity index (χ1v) is 7.49. The summed E-state index contributed by atoms with van der Waals surface area (Å²) in [6, 6.07) is 10.8. The monoisotopic (exact) mass is 317 g/mol. The highest BCUT2D eigenvalue weighted by Gasteiger charge is 2.22. The molecule has 0 amide bonds. The van der Waals surface area contributed by atoms with Crippen molar-refractivity contribution in [3.05, 3.63) is 41.0 Å². The smallest absolute Gasteiger partial charge is 0.224 e. The molecule has 1 aliphatic rings. The lowest BCUT2D eigenvalue weighted by molar-refractivity contribution is 0.0952. The Morgan fingerprint density at radius 2 is 2.18 bits per heavy atom. The highest BCUT2D eigenvalue weighted by atomic mass is 35.5. The van der Waals surface area contributed by atoms with Crippen LogP contribution in [0.25, 0.3) is 0 Å². The van der Waals surface area contributed by atoms with E-state index < -0.39 is 0 Å². The summed E-state index contributed by atoms with van der Waals surface area (Å²) in [6.07, 6.45) is 2.10. The molecule has 2 heterocycles. The van der Waals surface area contributed by atoms with Gasteiger partial charge in [0.2, 0.25) is 5.88 Å². The van der Waals surface area contributed by atoms with Gasteiger partial charge in [0, 0.05) is 17.7 Å². The third-order valence-corrected chi connectivity index (χ3v) is 3.88. The van der Waals surface area contributed by atoms with Crippen LogP contribution in [0.1, 0.15) is 18.5 Å². The van der Waals surface area contributed by atoms with Crippen LogP contribution in [0, 0.1) is 11.3 Å². The van der Waals surface area contributed by atoms with Gasteiger partial charge >= 0.3 is 0 Å². The Morgan fingerprint density at radius 3 is 2.82 bits per heavy atom. The van der Waals surface area contributed by atoms with Crippen LogP contribution in [0.5, 0.6) is 11.6 Å². The second-order valence-electron chi connectivity index (χ2n) is 5.20. The van der Waals surface area contributed by atoms with Crippen molar-refractivity contribution in [3.63, 3.8) is 0 Å². The van der Waals surface area contributed by atoms with E-state index >= 15 is 0 Å². The molecule has 22 heavy (non-hydrogen) atoms. The average Bonchev–Trinajstić information content (AvgIpc) is 3.12. The van der Waals surface area contributed by atoms with Crippen LogP contribution in [-0.4, -0.2) is 17.3 Å². The first-order valence-electron chi connectivity index (χ1n) is 7.11. The van der Waals surface area contributed by atoms with Crippen LogP contribution in [0.15, 0.2) is 30.3 Å². The number of anilines is 1. The molecule has 1 aromatic carbocycles. The molecular weight excluding hydrogens is 302 g/mol. The number of nitriles is 1. The Bertz CT molecular complexity index is 697. The van der Waals surface area contributed by atoms with E-state index in [2.05, 4.69) is 6.07 Å². The molecule has 6 heteroatoms. The Labute approximate surface area is 133 Å². The molecule has 1 aromatic heterocycles. The van der Waals surface area contributed by atoms with Crippen molar-refractivity contribution in [2.45, 2.75) is 25.5 Å². The molecule has 5 nitrogen and oxygen atoms in total. The van der Waals surface area contributed by atoms with E-state index in [1.165, 1.54) is 0 Å². The van der Waals surface area contributed by atoms with Crippen molar-refractivity contribution < 1.29 is 9.47 Å². The largest absolute Gasteiger partial charge is 0.439 e. The summed E-state index contributed by atoms with van der Waals surface area (Å²) < 4.78 is 13.3. The lowest BCUT2D eigenvalue weighted by atomic mass is 10.2. The number of ether oxygens (including phenoxy) is 2. The fourth-order valence-corrected chi connectivity index (χ4v) is 2.67. The predicted molar refractivity (Wildman–Crippen MR) is 84.1 cm³/mol. The van der Waals surface area contributed by atoms with Crippen LogP contribution in [-0.2, 0) is 11.3 Å². The van der Waals surface area contributed by atoms with Crippen molar-refractivity contribution in [1.82, 2.24) is 4.57 Å². The van der Waals surface area contributed by atoms with E-state index in [0.29, 0.717) is 34.6 Å². The fourth-order valence-electron chi connectivity index (χ4n) is 2.55. The molecule has 1 aliphatic heterocycles. The highest BCUT2D eigenvalue weighted by Crippen LogP contribution is 2.32. The fraction of sp³-hybridized carbons (Fsp3) is 0.312. The van der Waals surface area contributed by atoms with Gasteiger partial charge in [-0.1, -0.05) is 11.6 Å². The molecule has 2 N–H and O–H groups in total. The summed E-state index contributed by atoms with van der Waals surface area (Å²) >= 11 is 5.87. The van der Waals surface area contributed by atoms with Crippen molar-refractivity contribution >= 4 is 17.3 Å². The molecule has 0 saturated carbocycles. The number of halogens is 1. The normalized spacial score (nSPS) is 17.4. The molecule has 2 aromatic rings. The summed E-state index contributed by atoms with van der Waals surface area (Å²) in [5.74, 6) is 1.08. The molecular formula is C16H16ClN3O2. The number of aromatic nitrogens is 1. The van der Waals surface area contributed by atoms with Gasteiger partial charge in [0.25, 0.3) is 0 Å². The molecule has 114 valence electrons. The molecule has 0 bridgehead atoms. The maximum atomic E-state index is 9.29. The van der Waals surface area contributed by atoms with E-state index in [-0.39, 0.29) is 6.10 Å². The second-order valence-corrected chi connectivity index (χ2v) is 5.64. The SMILES string of the molecule is N#Cc1cc(N)c(Oc2ccc(Cl)cc2)n1C[C@@H]1CCCO1. The number of nitrogen functional groups attached to an aromatic ring is 1. The molecule has 0 radical (unpaired) electrons. The highest BCUT2D eigenvalue weighted by molar-refractivity contribution is 6.30. The third kappa shape index (κ3) is 3.03. The number of hydrogen-bond donors (Lipinski definition) is 1. The zero-order valence-corrected chi connectivity index (χ0v) is 12.7. The van der Waals surface area contributed by atoms with Crippen LogP contribution in [0.4, 0.5) is 5.69 Å². The number of nitrogens with zero attached hydrogens (tertiary/aromatic N) is 2. The topological polar surface area (TPSA) is 73.2 Å². The van der Waals surface area contributed by atoms with Crippen molar-refractivity contribution in [2.24, 2.45) is 0 Å². The van der Waals surface area contributed by atoms with Crippen LogP contribution < -0.4 is 10.5 Å². The summed E-state index contributed by atoms with van der Waals surface area (Å²) in [5, 5.41) is 9.92. The Balaban J connectivity index is 1.90. The lowest BCUT2D eigenvalue weighted by Crippen LogP contribution is -2.16. The van der Waals surface area contributed by atoms with Gasteiger partial charge < -0.3 is 15.2 Å². The van der Waals surface area contributed by atoms with Gasteiger partial charge in [-0.2, -0.15) is 5.26 Å². The molecule has 0 unspecified atom stereocenters. The minimum absolute atomic E-state index is 0.0893. The number of rotatable bonds is 4. The molecule has 0 aliphatic carbocycles. The van der Waals surface area contributed by atoms with Crippen LogP contribution >= 0.6 is 11.6 Å². The zero-order valence-electron chi connectivity index (χ0n) is 12.0. The number of hydrogen-bond acceptors (Lipinski definition) is 4. The lowest BCUT2D eigenvalue weighted by Gasteiger charge is -2.15. The standard InChI is InChI=1S/C16H16ClN3O2/c17-11-3-5-13(6-4-11)22-16-15(19)8-12(9-18)20(16)10-14-2-1-7-21-14/h3-6,8,14H,1-2,7,10,19H2/t14-/m0/s1. The van der Waals surface area contributed by atoms with Gasteiger partial charge in [0.1, 0.15) is 17.5 Å². The minimum atomic E-state index is 0.0893. The molecule has 1 fully saturated rings. The molecule has 1 atom stereocenters. The van der Waals surface area contributed by atoms with Gasteiger partial charge in [0.15, 0.2) is 0 Å². The van der Waals surface area contributed by atoms with Gasteiger partial charge in [-0.3, -0.25) is 4.57 Å². The maximum Gasteiger partial charge on any atom is 0.224 e. The van der Waals surface area contributed by atoms with Crippen LogP contribution in [0.2, 0.25) is 5.02 Å². The van der Waals surface area contributed by atoms with Gasteiger partial charge in [0.05, 0.1) is 18.3 Å². The molecule has 0 spiro atoms. The van der Waals surface area contributed by atoms with E-state index in [1.54, 1.807) is 34.9 Å². The molecule has 1 saturated heterocycles. The Hall–Kier alpha value is -2.16. The van der Waals surface area contributed by atoms with Gasteiger partial charge in [-0.25, -0.2) is 0 Å². The predicted octanol–water partition coefficient (Wildman–Crippen LogP) is 3.57. The maximum absolute atomic E-state index is 9.29. The quantitative estimate of drug-likeness (QED) is 0.935. The summed E-state index contributed by atoms with van der Waals surface area (Å²) in [4.78, 5) is 0. The van der Waals surface area contributed by atoms with E-state index in [0.717, 1.165) is 19.4 Å². The number of benzene rings is 1. The van der Waals surface area contributed by atoms with Crippen molar-refractivity contribution in [1.29, 1.82) is 5.26 Å². The van der Waals surface area contributed by atoms with E-state index in [9.17, 15) is 5.26 Å². The van der Waals surface area contributed by atoms with Crippen molar-refractivity contribution in [2.75, 3.05) is 12.3 Å². The number of nitrogens with two attached hydrogens (primary N) is 1. The third-order valence-electron chi connectivity index (χ3n) is 3.63. The average molecular weight is 318 g/mol.